The molecule has 1 aromatic heterocycles. The van der Waals surface area contributed by atoms with E-state index in [0.717, 1.165) is 0 Å². The Hall–Kier alpha value is -0.870. The molecule has 1 unspecified atom stereocenters. The van der Waals surface area contributed by atoms with Gasteiger partial charge in [0.1, 0.15) is 11.3 Å². The van der Waals surface area contributed by atoms with Crippen LogP contribution in [0.25, 0.3) is 0 Å². The van der Waals surface area contributed by atoms with E-state index in [1.54, 1.807) is 0 Å². The lowest BCUT2D eigenvalue weighted by atomic mass is 9.97. The zero-order valence-corrected chi connectivity index (χ0v) is 10.8. The zero-order chi connectivity index (χ0) is 12.3. The summed E-state index contributed by atoms with van der Waals surface area (Å²) in [4.78, 5) is 19.3. The Bertz CT molecular complexity index is 396. The summed E-state index contributed by atoms with van der Waals surface area (Å²) in [5, 5.41) is 2.92. The van der Waals surface area contributed by atoms with Gasteiger partial charge in [0, 0.05) is 5.92 Å². The third-order valence-corrected chi connectivity index (χ3v) is 3.14. The quantitative estimate of drug-likeness (QED) is 0.852. The minimum atomic E-state index is -0.133. The van der Waals surface area contributed by atoms with E-state index in [9.17, 15) is 4.79 Å². The van der Waals surface area contributed by atoms with Gasteiger partial charge in [0.05, 0.1) is 0 Å². The van der Waals surface area contributed by atoms with E-state index in [0.29, 0.717) is 0 Å². The van der Waals surface area contributed by atoms with Gasteiger partial charge in [-0.2, -0.15) is 0 Å². The lowest BCUT2D eigenvalue weighted by Gasteiger charge is -2.15. The van der Waals surface area contributed by atoms with Gasteiger partial charge in [-0.3, -0.25) is 4.79 Å². The number of nitrogens with one attached hydrogen (secondary N) is 1. The van der Waals surface area contributed by atoms with Crippen molar-refractivity contribution in [3.63, 3.8) is 0 Å². The number of nitrogens with zero attached hydrogens (tertiary/aromatic N) is 2. The van der Waals surface area contributed by atoms with Crippen LogP contribution in [-0.2, 0) is 4.79 Å². The summed E-state index contributed by atoms with van der Waals surface area (Å²) in [5.74, 6) is 0.242. The molecule has 4 nitrogen and oxygen atoms in total. The predicted molar refractivity (Wildman–Crippen MR) is 64.7 cm³/mol. The van der Waals surface area contributed by atoms with Crippen molar-refractivity contribution in [2.75, 3.05) is 5.32 Å². The van der Waals surface area contributed by atoms with Crippen molar-refractivity contribution in [3.8, 4) is 0 Å². The van der Waals surface area contributed by atoms with Crippen LogP contribution >= 0.6 is 23.2 Å². The molecule has 1 heterocycles. The molecule has 0 radical (unpaired) electrons. The first-order chi connectivity index (χ1) is 7.43. The van der Waals surface area contributed by atoms with Crippen molar-refractivity contribution in [1.29, 1.82) is 0 Å². The molecule has 0 bridgehead atoms. The molecule has 1 amide bonds. The minimum Gasteiger partial charge on any atom is -0.309 e. The van der Waals surface area contributed by atoms with E-state index in [1.165, 1.54) is 6.33 Å². The van der Waals surface area contributed by atoms with Crippen molar-refractivity contribution in [2.45, 2.75) is 20.8 Å². The second-order valence-corrected chi connectivity index (χ2v) is 4.58. The van der Waals surface area contributed by atoms with E-state index >= 15 is 0 Å². The van der Waals surface area contributed by atoms with Gasteiger partial charge in [-0.05, 0) is 5.92 Å². The summed E-state index contributed by atoms with van der Waals surface area (Å²) in [6, 6.07) is 0. The highest BCUT2D eigenvalue weighted by Crippen LogP contribution is 2.26. The van der Waals surface area contributed by atoms with Crippen LogP contribution in [0.15, 0.2) is 6.33 Å². The highest BCUT2D eigenvalue weighted by Gasteiger charge is 2.18. The number of amides is 1. The molecule has 0 saturated heterocycles. The Labute approximate surface area is 104 Å². The van der Waals surface area contributed by atoms with Crippen molar-refractivity contribution in [2.24, 2.45) is 11.8 Å². The molecular formula is C10H13Cl2N3O. The molecule has 1 N–H and O–H groups in total. The molecule has 88 valence electrons. The molecule has 0 aliphatic rings. The normalized spacial score (nSPS) is 12.6. The average Bonchev–Trinajstić information content (AvgIpc) is 2.23. The molecule has 1 aromatic rings. The first kappa shape index (κ1) is 13.2. The van der Waals surface area contributed by atoms with Crippen molar-refractivity contribution < 1.29 is 4.79 Å². The van der Waals surface area contributed by atoms with Gasteiger partial charge in [-0.1, -0.05) is 44.0 Å². The molecular weight excluding hydrogens is 249 g/mol. The molecule has 0 saturated carbocycles. The van der Waals surface area contributed by atoms with Crippen molar-refractivity contribution in [3.05, 3.63) is 16.5 Å². The second kappa shape index (κ2) is 5.46. The van der Waals surface area contributed by atoms with E-state index in [-0.39, 0.29) is 33.7 Å². The molecule has 0 aliphatic carbocycles. The standard InChI is InChI=1S/C10H13Cl2N3O/c1-5(2)6(3)10(16)15-9-7(11)8(12)13-4-14-9/h4-6H,1-3H3,(H,13,14,15,16). The van der Waals surface area contributed by atoms with Crippen LogP contribution < -0.4 is 5.32 Å². The molecule has 0 spiro atoms. The monoisotopic (exact) mass is 261 g/mol. The van der Waals surface area contributed by atoms with Crippen LogP contribution in [-0.4, -0.2) is 15.9 Å². The molecule has 16 heavy (non-hydrogen) atoms. The molecule has 0 aromatic carbocycles. The fraction of sp³-hybridized carbons (Fsp3) is 0.500. The summed E-state index contributed by atoms with van der Waals surface area (Å²) in [6.45, 7) is 5.79. The number of aromatic nitrogens is 2. The van der Waals surface area contributed by atoms with Crippen LogP contribution in [0.2, 0.25) is 10.2 Å². The number of hydrogen-bond acceptors (Lipinski definition) is 3. The summed E-state index contributed by atoms with van der Waals surface area (Å²) >= 11 is 11.6. The zero-order valence-electron chi connectivity index (χ0n) is 9.29. The first-order valence-electron chi connectivity index (χ1n) is 4.90. The highest BCUT2D eigenvalue weighted by molar-refractivity contribution is 6.42. The topological polar surface area (TPSA) is 54.9 Å². The Kier molecular flexibility index (Phi) is 4.50. The Balaban J connectivity index is 2.81. The van der Waals surface area contributed by atoms with E-state index in [2.05, 4.69) is 15.3 Å². The number of rotatable bonds is 3. The number of anilines is 1. The Morgan fingerprint density at radius 3 is 2.50 bits per heavy atom. The fourth-order valence-corrected chi connectivity index (χ4v) is 1.25. The van der Waals surface area contributed by atoms with Crippen LogP contribution in [0.1, 0.15) is 20.8 Å². The van der Waals surface area contributed by atoms with Crippen LogP contribution in [0.5, 0.6) is 0 Å². The third kappa shape index (κ3) is 3.06. The van der Waals surface area contributed by atoms with Crippen LogP contribution in [0.3, 0.4) is 0 Å². The van der Waals surface area contributed by atoms with Gasteiger partial charge in [0.15, 0.2) is 11.0 Å². The van der Waals surface area contributed by atoms with Crippen molar-refractivity contribution >= 4 is 34.9 Å². The minimum absolute atomic E-state index is 0.121. The molecule has 1 atom stereocenters. The predicted octanol–water partition coefficient (Wildman–Crippen LogP) is 3.01. The van der Waals surface area contributed by atoms with Gasteiger partial charge in [0.25, 0.3) is 0 Å². The van der Waals surface area contributed by atoms with Gasteiger partial charge in [-0.15, -0.1) is 0 Å². The number of hydrogen-bond donors (Lipinski definition) is 1. The van der Waals surface area contributed by atoms with E-state index in [1.807, 2.05) is 20.8 Å². The molecule has 0 aliphatic heterocycles. The number of carbonyl (C=O) groups excluding carboxylic acids is 1. The van der Waals surface area contributed by atoms with E-state index in [4.69, 9.17) is 23.2 Å². The summed E-state index contributed by atoms with van der Waals surface area (Å²) in [5.41, 5.74) is 0. The first-order valence-corrected chi connectivity index (χ1v) is 5.66. The maximum Gasteiger partial charge on any atom is 0.228 e. The molecule has 0 fully saturated rings. The second-order valence-electron chi connectivity index (χ2n) is 3.85. The highest BCUT2D eigenvalue weighted by atomic mass is 35.5. The van der Waals surface area contributed by atoms with Gasteiger partial charge >= 0.3 is 0 Å². The SMILES string of the molecule is CC(C)C(C)C(=O)Nc1ncnc(Cl)c1Cl. The lowest BCUT2D eigenvalue weighted by Crippen LogP contribution is -2.25. The summed E-state index contributed by atoms with van der Waals surface area (Å²) in [6.07, 6.45) is 1.25. The summed E-state index contributed by atoms with van der Waals surface area (Å²) < 4.78 is 0. The Morgan fingerprint density at radius 1 is 1.31 bits per heavy atom. The number of carbonyl (C=O) groups is 1. The maximum absolute atomic E-state index is 11.7. The Morgan fingerprint density at radius 2 is 1.94 bits per heavy atom. The number of halogens is 2. The van der Waals surface area contributed by atoms with Crippen molar-refractivity contribution in [1.82, 2.24) is 9.97 Å². The smallest absolute Gasteiger partial charge is 0.228 e. The van der Waals surface area contributed by atoms with Gasteiger partial charge < -0.3 is 5.32 Å². The molecule has 1 rings (SSSR count). The summed E-state index contributed by atoms with van der Waals surface area (Å²) in [7, 11) is 0. The molecule has 6 heteroatoms. The lowest BCUT2D eigenvalue weighted by molar-refractivity contribution is -0.120. The third-order valence-electron chi connectivity index (χ3n) is 2.40. The van der Waals surface area contributed by atoms with Gasteiger partial charge in [0.2, 0.25) is 5.91 Å². The average molecular weight is 262 g/mol. The maximum atomic E-state index is 11.7. The largest absolute Gasteiger partial charge is 0.309 e. The van der Waals surface area contributed by atoms with Crippen LogP contribution in [0.4, 0.5) is 5.82 Å². The fourth-order valence-electron chi connectivity index (χ4n) is 0.969. The van der Waals surface area contributed by atoms with Crippen LogP contribution in [0, 0.1) is 11.8 Å². The van der Waals surface area contributed by atoms with Gasteiger partial charge in [-0.25, -0.2) is 9.97 Å². The van der Waals surface area contributed by atoms with E-state index < -0.39 is 0 Å².